The van der Waals surface area contributed by atoms with E-state index in [0.717, 1.165) is 35.5 Å². The Morgan fingerprint density at radius 1 is 1.38 bits per heavy atom. The zero-order chi connectivity index (χ0) is 11.2. The first kappa shape index (κ1) is 10.4. The Morgan fingerprint density at radius 2 is 2.19 bits per heavy atom. The van der Waals surface area contributed by atoms with Gasteiger partial charge in [-0.1, -0.05) is 15.9 Å². The molecule has 1 aromatic rings. The predicted octanol–water partition coefficient (Wildman–Crippen LogP) is 2.55. The van der Waals surface area contributed by atoms with Gasteiger partial charge in [0.2, 0.25) is 0 Å². The van der Waals surface area contributed by atoms with E-state index in [1.807, 2.05) is 25.1 Å². The van der Waals surface area contributed by atoms with Crippen LogP contribution in [-0.2, 0) is 0 Å². The molecule has 2 atom stereocenters. The second-order valence-electron chi connectivity index (χ2n) is 4.50. The highest BCUT2D eigenvalue weighted by molar-refractivity contribution is 9.10. The van der Waals surface area contributed by atoms with Gasteiger partial charge in [-0.15, -0.1) is 0 Å². The van der Waals surface area contributed by atoms with E-state index in [0.29, 0.717) is 5.92 Å². The fourth-order valence-corrected chi connectivity index (χ4v) is 2.71. The van der Waals surface area contributed by atoms with Crippen molar-refractivity contribution in [2.45, 2.75) is 19.1 Å². The number of hydrogen-bond acceptors (Lipinski definition) is 3. The molecule has 2 aliphatic rings. The lowest BCUT2D eigenvalue weighted by Crippen LogP contribution is -2.44. The fraction of sp³-hybridized carbons (Fsp3) is 0.500. The molecule has 3 nitrogen and oxygen atoms in total. The first-order valence-corrected chi connectivity index (χ1v) is 6.35. The molecule has 0 aromatic heterocycles. The van der Waals surface area contributed by atoms with E-state index >= 15 is 0 Å². The van der Waals surface area contributed by atoms with Gasteiger partial charge in [-0.2, -0.15) is 0 Å². The maximum absolute atomic E-state index is 5.97. The Balaban J connectivity index is 1.88. The highest BCUT2D eigenvalue weighted by Gasteiger charge is 2.45. The van der Waals surface area contributed by atoms with Crippen LogP contribution in [0.15, 0.2) is 22.7 Å². The highest BCUT2D eigenvalue weighted by atomic mass is 79.9. The molecule has 2 heterocycles. The average molecular weight is 284 g/mol. The molecule has 0 spiro atoms. The minimum atomic E-state index is -0.507. The Hall–Kier alpha value is -0.740. The maximum Gasteiger partial charge on any atom is 0.252 e. The number of ether oxygens (including phenoxy) is 2. The van der Waals surface area contributed by atoms with Gasteiger partial charge in [-0.05, 0) is 31.2 Å². The third-order valence-corrected chi connectivity index (χ3v) is 3.83. The average Bonchev–Trinajstić information content (AvgIpc) is 2.83. The zero-order valence-corrected chi connectivity index (χ0v) is 10.7. The minimum Gasteiger partial charge on any atom is -0.448 e. The molecule has 1 aromatic carbocycles. The van der Waals surface area contributed by atoms with Crippen molar-refractivity contribution in [2.75, 3.05) is 13.1 Å². The minimum absolute atomic E-state index is 0.415. The molecule has 1 saturated heterocycles. The quantitative estimate of drug-likeness (QED) is 0.859. The summed E-state index contributed by atoms with van der Waals surface area (Å²) in [5.74, 6) is 1.59. The standard InChI is InChI=1S/C12H14BrNO2/c1-12(8-4-5-14-7-8)15-10-3-2-9(13)6-11(10)16-12/h2-3,6,8,14H,4-5,7H2,1H3. The summed E-state index contributed by atoms with van der Waals surface area (Å²) < 4.78 is 12.9. The number of benzene rings is 1. The number of nitrogens with one attached hydrogen (secondary N) is 1. The van der Waals surface area contributed by atoms with Gasteiger partial charge in [0.1, 0.15) is 0 Å². The van der Waals surface area contributed by atoms with Crippen molar-refractivity contribution in [1.82, 2.24) is 5.32 Å². The third-order valence-electron chi connectivity index (χ3n) is 3.33. The molecule has 2 aliphatic heterocycles. The molecule has 0 amide bonds. The second-order valence-corrected chi connectivity index (χ2v) is 5.42. The largest absolute Gasteiger partial charge is 0.448 e. The SMILES string of the molecule is CC1(C2CCNC2)Oc2ccc(Br)cc2O1. The van der Waals surface area contributed by atoms with E-state index in [1.54, 1.807) is 0 Å². The Morgan fingerprint density at radius 3 is 2.94 bits per heavy atom. The third kappa shape index (κ3) is 1.60. The topological polar surface area (TPSA) is 30.5 Å². The van der Waals surface area contributed by atoms with Crippen LogP contribution in [0.25, 0.3) is 0 Å². The van der Waals surface area contributed by atoms with Crippen molar-refractivity contribution in [3.63, 3.8) is 0 Å². The van der Waals surface area contributed by atoms with E-state index in [4.69, 9.17) is 9.47 Å². The lowest BCUT2D eigenvalue weighted by molar-refractivity contribution is -0.104. The molecule has 0 saturated carbocycles. The molecular weight excluding hydrogens is 270 g/mol. The van der Waals surface area contributed by atoms with Gasteiger partial charge in [-0.25, -0.2) is 0 Å². The zero-order valence-electron chi connectivity index (χ0n) is 9.13. The first-order chi connectivity index (χ1) is 7.67. The Bertz CT molecular complexity index is 417. The summed E-state index contributed by atoms with van der Waals surface area (Å²) in [7, 11) is 0. The summed E-state index contributed by atoms with van der Waals surface area (Å²) in [5, 5.41) is 3.34. The van der Waals surface area contributed by atoms with Gasteiger partial charge in [0.15, 0.2) is 11.5 Å². The van der Waals surface area contributed by atoms with E-state index < -0.39 is 5.79 Å². The predicted molar refractivity (Wildman–Crippen MR) is 64.8 cm³/mol. The van der Waals surface area contributed by atoms with Crippen molar-refractivity contribution < 1.29 is 9.47 Å². The Labute approximate surface area is 103 Å². The second kappa shape index (κ2) is 3.64. The van der Waals surface area contributed by atoms with Crippen LogP contribution in [0.4, 0.5) is 0 Å². The molecule has 0 aliphatic carbocycles. The molecular formula is C12H14BrNO2. The van der Waals surface area contributed by atoms with Gasteiger partial charge in [-0.3, -0.25) is 0 Å². The van der Waals surface area contributed by atoms with Crippen LogP contribution in [0.5, 0.6) is 11.5 Å². The van der Waals surface area contributed by atoms with Crippen LogP contribution in [0.1, 0.15) is 13.3 Å². The highest BCUT2D eigenvalue weighted by Crippen LogP contribution is 2.44. The summed E-state index contributed by atoms with van der Waals surface area (Å²) in [5.41, 5.74) is 0. The van der Waals surface area contributed by atoms with E-state index in [2.05, 4.69) is 21.2 Å². The maximum atomic E-state index is 5.97. The van der Waals surface area contributed by atoms with Crippen LogP contribution in [0.2, 0.25) is 0 Å². The number of fused-ring (bicyclic) bond motifs is 1. The van der Waals surface area contributed by atoms with Crippen molar-refractivity contribution in [3.05, 3.63) is 22.7 Å². The summed E-state index contributed by atoms with van der Waals surface area (Å²) in [6.07, 6.45) is 1.10. The van der Waals surface area contributed by atoms with Crippen molar-refractivity contribution in [2.24, 2.45) is 5.92 Å². The van der Waals surface area contributed by atoms with Crippen molar-refractivity contribution >= 4 is 15.9 Å². The first-order valence-electron chi connectivity index (χ1n) is 5.56. The van der Waals surface area contributed by atoms with Crippen molar-refractivity contribution in [3.8, 4) is 11.5 Å². The molecule has 16 heavy (non-hydrogen) atoms. The van der Waals surface area contributed by atoms with Gasteiger partial charge in [0.25, 0.3) is 5.79 Å². The summed E-state index contributed by atoms with van der Waals surface area (Å²) in [6.45, 7) is 4.04. The lowest BCUT2D eigenvalue weighted by atomic mass is 9.99. The van der Waals surface area contributed by atoms with E-state index in [9.17, 15) is 0 Å². The summed E-state index contributed by atoms with van der Waals surface area (Å²) in [4.78, 5) is 0. The Kier molecular flexibility index (Phi) is 2.37. The van der Waals surface area contributed by atoms with Gasteiger partial charge in [0.05, 0.1) is 0 Å². The van der Waals surface area contributed by atoms with Gasteiger partial charge >= 0.3 is 0 Å². The molecule has 4 heteroatoms. The van der Waals surface area contributed by atoms with Crippen LogP contribution in [-0.4, -0.2) is 18.9 Å². The summed E-state index contributed by atoms with van der Waals surface area (Å²) >= 11 is 3.44. The van der Waals surface area contributed by atoms with Gasteiger partial charge < -0.3 is 14.8 Å². The summed E-state index contributed by atoms with van der Waals surface area (Å²) in [6, 6.07) is 5.89. The molecule has 0 radical (unpaired) electrons. The monoisotopic (exact) mass is 283 g/mol. The lowest BCUT2D eigenvalue weighted by Gasteiger charge is -2.28. The van der Waals surface area contributed by atoms with Crippen LogP contribution >= 0.6 is 15.9 Å². The van der Waals surface area contributed by atoms with Crippen LogP contribution in [0.3, 0.4) is 0 Å². The smallest absolute Gasteiger partial charge is 0.252 e. The van der Waals surface area contributed by atoms with Crippen molar-refractivity contribution in [1.29, 1.82) is 0 Å². The van der Waals surface area contributed by atoms with Crippen LogP contribution in [0, 0.1) is 5.92 Å². The number of rotatable bonds is 1. The molecule has 2 unspecified atom stereocenters. The van der Waals surface area contributed by atoms with Gasteiger partial charge in [0, 0.05) is 23.9 Å². The van der Waals surface area contributed by atoms with E-state index in [1.165, 1.54) is 0 Å². The molecule has 1 N–H and O–H groups in total. The molecule has 0 bridgehead atoms. The number of halogens is 1. The molecule has 1 fully saturated rings. The molecule has 3 rings (SSSR count). The fourth-order valence-electron chi connectivity index (χ4n) is 2.37. The normalized spacial score (nSPS) is 32.0. The van der Waals surface area contributed by atoms with Crippen LogP contribution < -0.4 is 14.8 Å². The van der Waals surface area contributed by atoms with E-state index in [-0.39, 0.29) is 0 Å². The molecule has 86 valence electrons. The number of hydrogen-bond donors (Lipinski definition) is 1.